The second kappa shape index (κ2) is 6.17. The van der Waals surface area contributed by atoms with Gasteiger partial charge in [-0.1, -0.05) is 0 Å². The number of amides is 1. The van der Waals surface area contributed by atoms with E-state index < -0.39 is 0 Å². The fourth-order valence-electron chi connectivity index (χ4n) is 1.89. The molecule has 0 atom stereocenters. The van der Waals surface area contributed by atoms with Gasteiger partial charge in [-0.15, -0.1) is 0 Å². The van der Waals surface area contributed by atoms with Crippen LogP contribution in [-0.2, 0) is 6.54 Å². The van der Waals surface area contributed by atoms with Gasteiger partial charge in [-0.2, -0.15) is 0 Å². The monoisotopic (exact) mass is 286 g/mol. The number of hydrogen-bond donors (Lipinski definition) is 3. The lowest BCUT2D eigenvalue weighted by molar-refractivity contribution is 0.0827. The highest BCUT2D eigenvalue weighted by atomic mass is 16.3. The molecule has 5 nitrogen and oxygen atoms in total. The molecule has 0 spiro atoms. The SMILES string of the molecule is CN(C)C(=O)c1ccc(NCc2ccc(O)cc2O)cc1. The molecule has 0 saturated heterocycles. The fourth-order valence-corrected chi connectivity index (χ4v) is 1.89. The molecule has 0 radical (unpaired) electrons. The van der Waals surface area contributed by atoms with E-state index in [1.54, 1.807) is 32.3 Å². The number of anilines is 1. The molecule has 0 bridgehead atoms. The van der Waals surface area contributed by atoms with Crippen molar-refractivity contribution in [1.82, 2.24) is 4.90 Å². The molecular weight excluding hydrogens is 268 g/mol. The van der Waals surface area contributed by atoms with Crippen molar-refractivity contribution in [2.45, 2.75) is 6.54 Å². The molecule has 0 fully saturated rings. The molecule has 2 aromatic rings. The molecule has 0 heterocycles. The molecule has 0 saturated carbocycles. The standard InChI is InChI=1S/C16H18N2O3/c1-18(2)16(21)11-3-6-13(7-4-11)17-10-12-5-8-14(19)9-15(12)20/h3-9,17,19-20H,10H2,1-2H3. The van der Waals surface area contributed by atoms with Crippen LogP contribution in [0.2, 0.25) is 0 Å². The molecule has 2 rings (SSSR count). The molecule has 5 heteroatoms. The summed E-state index contributed by atoms with van der Waals surface area (Å²) < 4.78 is 0. The van der Waals surface area contributed by atoms with Gasteiger partial charge in [0.2, 0.25) is 0 Å². The van der Waals surface area contributed by atoms with Gasteiger partial charge >= 0.3 is 0 Å². The van der Waals surface area contributed by atoms with Gasteiger partial charge in [0.15, 0.2) is 0 Å². The van der Waals surface area contributed by atoms with E-state index >= 15 is 0 Å². The molecule has 0 aliphatic rings. The van der Waals surface area contributed by atoms with Gasteiger partial charge in [0.1, 0.15) is 11.5 Å². The lowest BCUT2D eigenvalue weighted by Gasteiger charge is -2.12. The number of nitrogens with zero attached hydrogens (tertiary/aromatic N) is 1. The Morgan fingerprint density at radius 2 is 1.76 bits per heavy atom. The first-order valence-electron chi connectivity index (χ1n) is 6.54. The third-order valence-corrected chi connectivity index (χ3v) is 3.09. The van der Waals surface area contributed by atoms with Crippen molar-refractivity contribution in [1.29, 1.82) is 0 Å². The Morgan fingerprint density at radius 3 is 2.33 bits per heavy atom. The smallest absolute Gasteiger partial charge is 0.253 e. The number of carbonyl (C=O) groups is 1. The van der Waals surface area contributed by atoms with Crippen LogP contribution in [0.15, 0.2) is 42.5 Å². The van der Waals surface area contributed by atoms with Gasteiger partial charge in [-0.25, -0.2) is 0 Å². The van der Waals surface area contributed by atoms with Crippen LogP contribution in [-0.4, -0.2) is 35.1 Å². The summed E-state index contributed by atoms with van der Waals surface area (Å²) in [6, 6.07) is 11.6. The number of aromatic hydroxyl groups is 2. The Kier molecular flexibility index (Phi) is 4.33. The van der Waals surface area contributed by atoms with E-state index in [9.17, 15) is 15.0 Å². The van der Waals surface area contributed by atoms with Crippen molar-refractivity contribution in [2.75, 3.05) is 19.4 Å². The van der Waals surface area contributed by atoms with E-state index in [1.807, 2.05) is 12.1 Å². The van der Waals surface area contributed by atoms with Crippen LogP contribution in [0.25, 0.3) is 0 Å². The summed E-state index contributed by atoms with van der Waals surface area (Å²) in [5, 5.41) is 22.1. The second-order valence-corrected chi connectivity index (χ2v) is 4.94. The Morgan fingerprint density at radius 1 is 1.10 bits per heavy atom. The minimum absolute atomic E-state index is 0.0304. The lowest BCUT2D eigenvalue weighted by atomic mass is 10.1. The topological polar surface area (TPSA) is 72.8 Å². The molecule has 0 aromatic heterocycles. The van der Waals surface area contributed by atoms with Crippen LogP contribution in [0.4, 0.5) is 5.69 Å². The molecule has 0 unspecified atom stereocenters. The average molecular weight is 286 g/mol. The summed E-state index contributed by atoms with van der Waals surface area (Å²) in [7, 11) is 3.42. The highest BCUT2D eigenvalue weighted by Gasteiger charge is 2.07. The van der Waals surface area contributed by atoms with Gasteiger partial charge in [0.25, 0.3) is 5.91 Å². The van der Waals surface area contributed by atoms with E-state index in [4.69, 9.17) is 0 Å². The zero-order valence-electron chi connectivity index (χ0n) is 12.0. The first kappa shape index (κ1) is 14.7. The van der Waals surface area contributed by atoms with Crippen molar-refractivity contribution in [3.8, 4) is 11.5 Å². The first-order chi connectivity index (χ1) is 9.97. The number of carbonyl (C=O) groups excluding carboxylic acids is 1. The molecule has 21 heavy (non-hydrogen) atoms. The van der Waals surface area contributed by atoms with E-state index in [0.717, 1.165) is 5.69 Å². The quantitative estimate of drug-likeness (QED) is 0.807. The van der Waals surface area contributed by atoms with Crippen LogP contribution < -0.4 is 5.32 Å². The van der Waals surface area contributed by atoms with E-state index in [1.165, 1.54) is 17.0 Å². The molecule has 1 amide bonds. The van der Waals surface area contributed by atoms with Crippen LogP contribution >= 0.6 is 0 Å². The van der Waals surface area contributed by atoms with E-state index in [0.29, 0.717) is 17.7 Å². The summed E-state index contributed by atoms with van der Waals surface area (Å²) in [6.45, 7) is 0.424. The summed E-state index contributed by atoms with van der Waals surface area (Å²) in [6.07, 6.45) is 0. The minimum atomic E-state index is -0.0438. The van der Waals surface area contributed by atoms with Crippen LogP contribution in [0.1, 0.15) is 15.9 Å². The maximum absolute atomic E-state index is 11.8. The Labute approximate surface area is 123 Å². The van der Waals surface area contributed by atoms with Crippen molar-refractivity contribution in [2.24, 2.45) is 0 Å². The number of rotatable bonds is 4. The Balaban J connectivity index is 2.02. The van der Waals surface area contributed by atoms with Crippen molar-refractivity contribution >= 4 is 11.6 Å². The Hall–Kier alpha value is -2.69. The summed E-state index contributed by atoms with van der Waals surface area (Å²) in [5.41, 5.74) is 2.15. The molecule has 3 N–H and O–H groups in total. The van der Waals surface area contributed by atoms with Crippen LogP contribution in [0.5, 0.6) is 11.5 Å². The lowest BCUT2D eigenvalue weighted by Crippen LogP contribution is -2.21. The van der Waals surface area contributed by atoms with Gasteiger partial charge in [-0.3, -0.25) is 4.79 Å². The summed E-state index contributed by atoms with van der Waals surface area (Å²) >= 11 is 0. The van der Waals surface area contributed by atoms with Crippen molar-refractivity contribution in [3.05, 3.63) is 53.6 Å². The maximum atomic E-state index is 11.8. The predicted molar refractivity (Wildman–Crippen MR) is 81.6 cm³/mol. The normalized spacial score (nSPS) is 10.2. The third-order valence-electron chi connectivity index (χ3n) is 3.09. The Bertz CT molecular complexity index is 636. The minimum Gasteiger partial charge on any atom is -0.508 e. The second-order valence-electron chi connectivity index (χ2n) is 4.94. The zero-order chi connectivity index (χ0) is 15.4. The predicted octanol–water partition coefficient (Wildman–Crippen LogP) is 2.41. The first-order valence-corrected chi connectivity index (χ1v) is 6.54. The van der Waals surface area contributed by atoms with Gasteiger partial charge in [-0.05, 0) is 36.4 Å². The molecule has 0 aliphatic carbocycles. The van der Waals surface area contributed by atoms with Gasteiger partial charge in [0.05, 0.1) is 0 Å². The molecule has 2 aromatic carbocycles. The highest BCUT2D eigenvalue weighted by Crippen LogP contribution is 2.23. The zero-order valence-corrected chi connectivity index (χ0v) is 12.0. The number of phenolic OH excluding ortho intramolecular Hbond substituents is 2. The van der Waals surface area contributed by atoms with Gasteiger partial charge in [0, 0.05) is 43.5 Å². The molecular formula is C16H18N2O3. The summed E-state index contributed by atoms with van der Waals surface area (Å²) in [4.78, 5) is 13.3. The van der Waals surface area contributed by atoms with Crippen molar-refractivity contribution < 1.29 is 15.0 Å². The van der Waals surface area contributed by atoms with Gasteiger partial charge < -0.3 is 20.4 Å². The van der Waals surface area contributed by atoms with E-state index in [2.05, 4.69) is 5.32 Å². The largest absolute Gasteiger partial charge is 0.508 e. The fraction of sp³-hybridized carbons (Fsp3) is 0.188. The number of nitrogens with one attached hydrogen (secondary N) is 1. The van der Waals surface area contributed by atoms with Crippen LogP contribution in [0.3, 0.4) is 0 Å². The molecule has 0 aliphatic heterocycles. The number of hydrogen-bond acceptors (Lipinski definition) is 4. The third kappa shape index (κ3) is 3.66. The highest BCUT2D eigenvalue weighted by molar-refractivity contribution is 5.94. The van der Waals surface area contributed by atoms with E-state index in [-0.39, 0.29) is 17.4 Å². The van der Waals surface area contributed by atoms with Crippen LogP contribution in [0, 0.1) is 0 Å². The number of benzene rings is 2. The maximum Gasteiger partial charge on any atom is 0.253 e. The summed E-state index contributed by atoms with van der Waals surface area (Å²) in [5.74, 6) is 0.0300. The van der Waals surface area contributed by atoms with Crippen molar-refractivity contribution in [3.63, 3.8) is 0 Å². The average Bonchev–Trinajstić information content (AvgIpc) is 2.46. The number of phenols is 2. The molecule has 110 valence electrons.